The molecule has 0 saturated carbocycles. The molecule has 0 aliphatic heterocycles. The third-order valence-corrected chi connectivity index (χ3v) is 1.66. The van der Waals surface area contributed by atoms with Crippen LogP contribution in [0.1, 0.15) is 6.92 Å². The Morgan fingerprint density at radius 1 is 1.75 bits per heavy atom. The summed E-state index contributed by atoms with van der Waals surface area (Å²) in [5.41, 5.74) is 5.81. The summed E-state index contributed by atoms with van der Waals surface area (Å²) in [5.74, 6) is -1.61. The average Bonchev–Trinajstić information content (AvgIpc) is 1.99. The zero-order chi connectivity index (χ0) is 9.19. The molecule has 1 aliphatic carbocycles. The Balaban J connectivity index is 2.76. The predicted molar refractivity (Wildman–Crippen MR) is 44.0 cm³/mol. The number of allylic oxidation sites excluding steroid dienone is 1. The fraction of sp³-hybridized carbons (Fsp3) is 0.500. The minimum Gasteiger partial charge on any atom is -0.399 e. The molecule has 0 aromatic rings. The molecule has 0 bridgehead atoms. The lowest BCUT2D eigenvalue weighted by molar-refractivity contribution is -0.209. The second kappa shape index (κ2) is 3.26. The van der Waals surface area contributed by atoms with Crippen molar-refractivity contribution in [2.75, 3.05) is 6.61 Å². The molecule has 2 atom stereocenters. The van der Waals surface area contributed by atoms with Crippen molar-refractivity contribution in [2.24, 2.45) is 5.73 Å². The van der Waals surface area contributed by atoms with E-state index < -0.39 is 11.9 Å². The Labute approximate surface area is 71.0 Å². The van der Waals surface area contributed by atoms with Crippen LogP contribution >= 0.6 is 0 Å². The number of nitrogens with two attached hydrogens (primary N) is 1. The van der Waals surface area contributed by atoms with Crippen LogP contribution < -0.4 is 5.73 Å². The molecule has 0 aromatic heterocycles. The number of hydrogen-bond acceptors (Lipinski definition) is 4. The van der Waals surface area contributed by atoms with Gasteiger partial charge in [-0.25, -0.2) is 0 Å². The highest BCUT2D eigenvalue weighted by atomic mass is 16.6. The number of aliphatic hydroxyl groups excluding tert-OH is 1. The third kappa shape index (κ3) is 1.66. The van der Waals surface area contributed by atoms with Crippen molar-refractivity contribution in [1.82, 2.24) is 0 Å². The van der Waals surface area contributed by atoms with Crippen molar-refractivity contribution < 1.29 is 14.9 Å². The van der Waals surface area contributed by atoms with Crippen LogP contribution in [0.25, 0.3) is 0 Å². The summed E-state index contributed by atoms with van der Waals surface area (Å²) in [4.78, 5) is 0. The van der Waals surface area contributed by atoms with Crippen LogP contribution in [0.15, 0.2) is 23.9 Å². The predicted octanol–water partition coefficient (Wildman–Crippen LogP) is -0.515. The van der Waals surface area contributed by atoms with Crippen LogP contribution in [0.5, 0.6) is 0 Å². The van der Waals surface area contributed by atoms with Gasteiger partial charge in [-0.3, -0.25) is 0 Å². The first kappa shape index (κ1) is 9.25. The van der Waals surface area contributed by atoms with Crippen LogP contribution in [0.2, 0.25) is 0 Å². The maximum atomic E-state index is 9.60. The van der Waals surface area contributed by atoms with E-state index in [2.05, 4.69) is 0 Å². The van der Waals surface area contributed by atoms with Gasteiger partial charge in [0.25, 0.3) is 0 Å². The number of rotatable bonds is 2. The summed E-state index contributed by atoms with van der Waals surface area (Å²) in [6.07, 6.45) is 3.09. The van der Waals surface area contributed by atoms with Gasteiger partial charge >= 0.3 is 0 Å². The van der Waals surface area contributed by atoms with Crippen LogP contribution in [0.4, 0.5) is 0 Å². The first-order chi connectivity index (χ1) is 5.58. The van der Waals surface area contributed by atoms with E-state index in [-0.39, 0.29) is 0 Å². The normalized spacial score (nSPS) is 34.9. The highest BCUT2D eigenvalue weighted by Crippen LogP contribution is 2.20. The van der Waals surface area contributed by atoms with Gasteiger partial charge in [0.1, 0.15) is 6.10 Å². The highest BCUT2D eigenvalue weighted by Gasteiger charge is 2.34. The minimum absolute atomic E-state index is 0.325. The zero-order valence-electron chi connectivity index (χ0n) is 6.90. The van der Waals surface area contributed by atoms with Crippen molar-refractivity contribution in [3.63, 3.8) is 0 Å². The van der Waals surface area contributed by atoms with Crippen molar-refractivity contribution >= 4 is 0 Å². The Kier molecular flexibility index (Phi) is 2.52. The van der Waals surface area contributed by atoms with Gasteiger partial charge in [-0.2, -0.15) is 0 Å². The molecular weight excluding hydrogens is 158 g/mol. The van der Waals surface area contributed by atoms with Gasteiger partial charge in [0.15, 0.2) is 0 Å². The van der Waals surface area contributed by atoms with Crippen LogP contribution in [-0.2, 0) is 4.74 Å². The summed E-state index contributed by atoms with van der Waals surface area (Å²) in [7, 11) is 0. The second-order valence-electron chi connectivity index (χ2n) is 2.63. The summed E-state index contributed by atoms with van der Waals surface area (Å²) >= 11 is 0. The number of hydrogen-bond donors (Lipinski definition) is 3. The Morgan fingerprint density at radius 2 is 2.42 bits per heavy atom. The SMILES string of the molecule is CCOC1(O)C=CC(N)=CC1O. The van der Waals surface area contributed by atoms with Crippen LogP contribution in [-0.4, -0.2) is 28.7 Å². The van der Waals surface area contributed by atoms with E-state index >= 15 is 0 Å². The molecule has 4 N–H and O–H groups in total. The van der Waals surface area contributed by atoms with Gasteiger partial charge in [0, 0.05) is 12.3 Å². The molecule has 0 heterocycles. The van der Waals surface area contributed by atoms with Crippen molar-refractivity contribution in [3.05, 3.63) is 23.9 Å². The second-order valence-corrected chi connectivity index (χ2v) is 2.63. The Morgan fingerprint density at radius 3 is 2.92 bits per heavy atom. The Hall–Kier alpha value is -0.840. The quantitative estimate of drug-likeness (QED) is 0.489. The number of aliphatic hydroxyl groups is 2. The molecule has 0 amide bonds. The molecule has 4 heteroatoms. The van der Waals surface area contributed by atoms with Crippen LogP contribution in [0.3, 0.4) is 0 Å². The standard InChI is InChI=1S/C8H13NO3/c1-2-12-8(11)4-3-6(9)5-7(8)10/h3-5,7,10-11H,2,9H2,1H3. The molecule has 0 saturated heterocycles. The molecule has 2 unspecified atom stereocenters. The van der Waals surface area contributed by atoms with E-state index in [9.17, 15) is 10.2 Å². The molecule has 68 valence electrons. The van der Waals surface area contributed by atoms with Crippen molar-refractivity contribution in [3.8, 4) is 0 Å². The van der Waals surface area contributed by atoms with E-state index in [0.29, 0.717) is 12.3 Å². The summed E-state index contributed by atoms with van der Waals surface area (Å²) < 4.78 is 4.95. The average molecular weight is 171 g/mol. The molecular formula is C8H13NO3. The minimum atomic E-state index is -1.61. The van der Waals surface area contributed by atoms with Gasteiger partial charge in [0.2, 0.25) is 5.79 Å². The van der Waals surface area contributed by atoms with E-state index in [1.165, 1.54) is 18.2 Å². The van der Waals surface area contributed by atoms with Gasteiger partial charge in [-0.1, -0.05) is 0 Å². The van der Waals surface area contributed by atoms with E-state index in [4.69, 9.17) is 10.5 Å². The summed E-state index contributed by atoms with van der Waals surface area (Å²) in [5, 5.41) is 18.9. The lowest BCUT2D eigenvalue weighted by atomic mass is 10.0. The third-order valence-electron chi connectivity index (χ3n) is 1.66. The maximum Gasteiger partial charge on any atom is 0.216 e. The highest BCUT2D eigenvalue weighted by molar-refractivity contribution is 5.26. The van der Waals surface area contributed by atoms with Gasteiger partial charge in [0.05, 0.1) is 0 Å². The molecule has 4 nitrogen and oxygen atoms in total. The van der Waals surface area contributed by atoms with Gasteiger partial charge in [-0.05, 0) is 25.2 Å². The van der Waals surface area contributed by atoms with E-state index in [0.717, 1.165) is 0 Å². The topological polar surface area (TPSA) is 75.7 Å². The fourth-order valence-corrected chi connectivity index (χ4v) is 1.04. The summed E-state index contributed by atoms with van der Waals surface area (Å²) in [6, 6.07) is 0. The van der Waals surface area contributed by atoms with Crippen molar-refractivity contribution in [2.45, 2.75) is 18.8 Å². The zero-order valence-corrected chi connectivity index (χ0v) is 6.90. The lowest BCUT2D eigenvalue weighted by Crippen LogP contribution is -2.44. The van der Waals surface area contributed by atoms with Crippen LogP contribution in [0, 0.1) is 0 Å². The largest absolute Gasteiger partial charge is 0.399 e. The van der Waals surface area contributed by atoms with Gasteiger partial charge in [-0.15, -0.1) is 0 Å². The van der Waals surface area contributed by atoms with Gasteiger partial charge < -0.3 is 20.7 Å². The Bertz CT molecular complexity index is 224. The molecule has 1 aliphatic rings. The first-order valence-corrected chi connectivity index (χ1v) is 3.79. The summed E-state index contributed by atoms with van der Waals surface area (Å²) in [6.45, 7) is 2.06. The molecule has 0 fully saturated rings. The molecule has 0 spiro atoms. The fourth-order valence-electron chi connectivity index (χ4n) is 1.04. The maximum absolute atomic E-state index is 9.60. The lowest BCUT2D eigenvalue weighted by Gasteiger charge is -2.30. The molecule has 1 rings (SSSR count). The number of ether oxygens (including phenoxy) is 1. The van der Waals surface area contributed by atoms with E-state index in [1.54, 1.807) is 6.92 Å². The molecule has 0 aromatic carbocycles. The molecule has 0 radical (unpaired) electrons. The van der Waals surface area contributed by atoms with E-state index in [1.807, 2.05) is 0 Å². The van der Waals surface area contributed by atoms with Crippen molar-refractivity contribution in [1.29, 1.82) is 0 Å². The smallest absolute Gasteiger partial charge is 0.216 e. The molecule has 12 heavy (non-hydrogen) atoms. The first-order valence-electron chi connectivity index (χ1n) is 3.79. The monoisotopic (exact) mass is 171 g/mol.